The van der Waals surface area contributed by atoms with Crippen LogP contribution in [0.15, 0.2) is 71.6 Å². The Hall–Kier alpha value is -3.25. The second kappa shape index (κ2) is 6.17. The van der Waals surface area contributed by atoms with E-state index < -0.39 is 15.8 Å². The van der Waals surface area contributed by atoms with E-state index in [0.717, 1.165) is 5.56 Å². The van der Waals surface area contributed by atoms with Crippen LogP contribution in [0.5, 0.6) is 0 Å². The molecule has 0 saturated carbocycles. The molecule has 0 spiro atoms. The predicted molar refractivity (Wildman–Crippen MR) is 102 cm³/mol. The van der Waals surface area contributed by atoms with Gasteiger partial charge in [-0.2, -0.15) is 0 Å². The minimum Gasteiger partial charge on any atom is -0.289 e. The Balaban J connectivity index is 1.85. The lowest BCUT2D eigenvalue weighted by atomic mass is 9.84. The van der Waals surface area contributed by atoms with E-state index in [-0.39, 0.29) is 32.9 Å². The molecule has 1 N–H and O–H groups in total. The number of anilines is 1. The van der Waals surface area contributed by atoms with E-state index in [2.05, 4.69) is 4.72 Å². The SMILES string of the molecule is Cc1ccc(NS(=O)(=O)c2cccc3c2C(=O)c2ccccc2C3=O)cc1. The molecule has 6 heteroatoms. The zero-order chi connectivity index (χ0) is 19.2. The summed E-state index contributed by atoms with van der Waals surface area (Å²) in [5, 5.41) is 0. The Bertz CT molecular complexity index is 1200. The van der Waals surface area contributed by atoms with Crippen molar-refractivity contribution in [3.63, 3.8) is 0 Å². The Labute approximate surface area is 156 Å². The van der Waals surface area contributed by atoms with Crippen molar-refractivity contribution in [2.75, 3.05) is 4.72 Å². The van der Waals surface area contributed by atoms with Gasteiger partial charge in [-0.25, -0.2) is 8.42 Å². The smallest absolute Gasteiger partial charge is 0.262 e. The number of hydrogen-bond acceptors (Lipinski definition) is 4. The first-order chi connectivity index (χ1) is 12.9. The van der Waals surface area contributed by atoms with Crippen LogP contribution in [-0.4, -0.2) is 20.0 Å². The summed E-state index contributed by atoms with van der Waals surface area (Å²) < 4.78 is 28.4. The Morgan fingerprint density at radius 1 is 0.704 bits per heavy atom. The van der Waals surface area contributed by atoms with E-state index in [0.29, 0.717) is 5.69 Å². The number of nitrogens with one attached hydrogen (secondary N) is 1. The average molecular weight is 377 g/mol. The number of benzene rings is 3. The molecule has 4 rings (SSSR count). The summed E-state index contributed by atoms with van der Waals surface area (Å²) in [6.07, 6.45) is 0. The molecule has 0 bridgehead atoms. The minimum atomic E-state index is -4.05. The van der Waals surface area contributed by atoms with Crippen LogP contribution in [-0.2, 0) is 10.0 Å². The monoisotopic (exact) mass is 377 g/mol. The fourth-order valence-electron chi connectivity index (χ4n) is 3.17. The van der Waals surface area contributed by atoms with Crippen LogP contribution in [0.25, 0.3) is 0 Å². The van der Waals surface area contributed by atoms with Gasteiger partial charge in [-0.05, 0) is 25.1 Å². The Kier molecular flexibility index (Phi) is 3.93. The highest BCUT2D eigenvalue weighted by Crippen LogP contribution is 2.32. The number of sulfonamides is 1. The van der Waals surface area contributed by atoms with Crippen molar-refractivity contribution in [2.24, 2.45) is 0 Å². The molecule has 1 aliphatic rings. The normalized spacial score (nSPS) is 13.1. The number of aryl methyl sites for hydroxylation is 1. The molecular weight excluding hydrogens is 362 g/mol. The van der Waals surface area contributed by atoms with Crippen LogP contribution in [0.1, 0.15) is 37.4 Å². The summed E-state index contributed by atoms with van der Waals surface area (Å²) in [5.74, 6) is -0.822. The topological polar surface area (TPSA) is 80.3 Å². The van der Waals surface area contributed by atoms with Gasteiger partial charge in [0.1, 0.15) is 0 Å². The maximum Gasteiger partial charge on any atom is 0.262 e. The Morgan fingerprint density at radius 2 is 1.30 bits per heavy atom. The standard InChI is InChI=1S/C21H15NO4S/c1-13-9-11-14(12-10-13)22-27(25,26)18-8-4-7-17-19(18)21(24)16-6-3-2-5-15(16)20(17)23/h2-12,22H,1H3. The van der Waals surface area contributed by atoms with E-state index in [9.17, 15) is 18.0 Å². The molecular formula is C21H15NO4S. The van der Waals surface area contributed by atoms with Gasteiger partial charge in [0.15, 0.2) is 11.6 Å². The van der Waals surface area contributed by atoms with Crippen molar-refractivity contribution in [1.29, 1.82) is 0 Å². The van der Waals surface area contributed by atoms with Crippen molar-refractivity contribution in [3.8, 4) is 0 Å². The number of fused-ring (bicyclic) bond motifs is 2. The van der Waals surface area contributed by atoms with Gasteiger partial charge in [-0.3, -0.25) is 14.3 Å². The summed E-state index contributed by atoms with van der Waals surface area (Å²) in [5.41, 5.74) is 1.90. The van der Waals surface area contributed by atoms with Crippen molar-refractivity contribution in [1.82, 2.24) is 0 Å². The molecule has 0 fully saturated rings. The zero-order valence-corrected chi connectivity index (χ0v) is 15.2. The fourth-order valence-corrected chi connectivity index (χ4v) is 4.45. The third-order valence-electron chi connectivity index (χ3n) is 4.51. The first-order valence-corrected chi connectivity index (χ1v) is 9.78. The van der Waals surface area contributed by atoms with Crippen molar-refractivity contribution in [2.45, 2.75) is 11.8 Å². The largest absolute Gasteiger partial charge is 0.289 e. The molecule has 0 atom stereocenters. The quantitative estimate of drug-likeness (QED) is 0.592. The number of carbonyl (C=O) groups is 2. The lowest BCUT2D eigenvalue weighted by molar-refractivity contribution is 0.0976. The highest BCUT2D eigenvalue weighted by atomic mass is 32.2. The maximum absolute atomic E-state index is 13.0. The molecule has 0 saturated heterocycles. The van der Waals surface area contributed by atoms with Crippen molar-refractivity contribution < 1.29 is 18.0 Å². The maximum atomic E-state index is 13.0. The van der Waals surface area contributed by atoms with Gasteiger partial charge in [0.05, 0.1) is 10.5 Å². The number of carbonyl (C=O) groups excluding carboxylic acids is 2. The van der Waals surface area contributed by atoms with Crippen molar-refractivity contribution in [3.05, 3.63) is 94.5 Å². The molecule has 0 amide bonds. The molecule has 5 nitrogen and oxygen atoms in total. The molecule has 0 radical (unpaired) electrons. The molecule has 3 aromatic rings. The number of hydrogen-bond donors (Lipinski definition) is 1. The highest BCUT2D eigenvalue weighted by Gasteiger charge is 2.34. The van der Waals surface area contributed by atoms with Gasteiger partial charge in [-0.1, -0.05) is 54.1 Å². The summed E-state index contributed by atoms with van der Waals surface area (Å²) in [6, 6.07) is 17.6. The molecule has 3 aromatic carbocycles. The minimum absolute atomic E-state index is 0.0826. The summed E-state index contributed by atoms with van der Waals surface area (Å²) >= 11 is 0. The lowest BCUT2D eigenvalue weighted by Gasteiger charge is -2.20. The van der Waals surface area contributed by atoms with E-state index in [4.69, 9.17) is 0 Å². The highest BCUT2D eigenvalue weighted by molar-refractivity contribution is 7.92. The lowest BCUT2D eigenvalue weighted by Crippen LogP contribution is -2.25. The second-order valence-electron chi connectivity index (χ2n) is 6.35. The van der Waals surface area contributed by atoms with Gasteiger partial charge in [0, 0.05) is 22.4 Å². The molecule has 0 heterocycles. The first-order valence-electron chi connectivity index (χ1n) is 8.29. The molecule has 134 valence electrons. The number of ketones is 2. The third-order valence-corrected chi connectivity index (χ3v) is 5.93. The molecule has 0 aliphatic heterocycles. The Morgan fingerprint density at radius 3 is 1.96 bits per heavy atom. The predicted octanol–water partition coefficient (Wildman–Crippen LogP) is 3.57. The molecule has 0 unspecified atom stereocenters. The van der Waals surface area contributed by atoms with Crippen LogP contribution < -0.4 is 4.72 Å². The molecule has 0 aromatic heterocycles. The first kappa shape index (κ1) is 17.2. The van der Waals surface area contributed by atoms with E-state index in [1.165, 1.54) is 24.3 Å². The van der Waals surface area contributed by atoms with Gasteiger partial charge < -0.3 is 0 Å². The van der Waals surface area contributed by atoms with E-state index in [1.807, 2.05) is 6.92 Å². The van der Waals surface area contributed by atoms with Crippen LogP contribution in [0, 0.1) is 6.92 Å². The number of rotatable bonds is 3. The van der Waals surface area contributed by atoms with Crippen molar-refractivity contribution >= 4 is 27.3 Å². The fraction of sp³-hybridized carbons (Fsp3) is 0.0476. The van der Waals surface area contributed by atoms with Gasteiger partial charge >= 0.3 is 0 Å². The van der Waals surface area contributed by atoms with E-state index in [1.54, 1.807) is 42.5 Å². The summed E-state index contributed by atoms with van der Waals surface area (Å²) in [4.78, 5) is 25.5. The van der Waals surface area contributed by atoms with Gasteiger partial charge in [-0.15, -0.1) is 0 Å². The second-order valence-corrected chi connectivity index (χ2v) is 8.00. The third kappa shape index (κ3) is 2.84. The summed E-state index contributed by atoms with van der Waals surface area (Å²) in [7, 11) is -4.05. The summed E-state index contributed by atoms with van der Waals surface area (Å²) in [6.45, 7) is 1.90. The van der Waals surface area contributed by atoms with Gasteiger partial charge in [0.2, 0.25) is 0 Å². The molecule has 1 aliphatic carbocycles. The zero-order valence-electron chi connectivity index (χ0n) is 14.4. The van der Waals surface area contributed by atoms with Crippen LogP contribution in [0.4, 0.5) is 5.69 Å². The van der Waals surface area contributed by atoms with Crippen LogP contribution >= 0.6 is 0 Å². The van der Waals surface area contributed by atoms with Crippen LogP contribution in [0.3, 0.4) is 0 Å². The van der Waals surface area contributed by atoms with E-state index >= 15 is 0 Å². The van der Waals surface area contributed by atoms with Crippen LogP contribution in [0.2, 0.25) is 0 Å². The molecule has 27 heavy (non-hydrogen) atoms. The average Bonchev–Trinajstić information content (AvgIpc) is 2.67. The van der Waals surface area contributed by atoms with Gasteiger partial charge in [0.25, 0.3) is 10.0 Å².